The average Bonchev–Trinajstić information content (AvgIpc) is 3.20. The number of halogens is 4. The molecule has 9 heteroatoms. The van der Waals surface area contributed by atoms with Crippen LogP contribution in [0.2, 0.25) is 5.02 Å². The maximum atomic E-state index is 13.6. The van der Waals surface area contributed by atoms with E-state index in [1.54, 1.807) is 0 Å². The normalized spacial score (nSPS) is 15.4. The van der Waals surface area contributed by atoms with E-state index in [1.807, 2.05) is 24.0 Å². The standard InChI is InChI=1S/C26H24ClF3N4O/c1-15-21(25(35)33-20-11-16-4-2-3-5-17(16)12-20)13-32-24-23(15)34(9-8-31-24)14-18-10-19(27)6-7-22(18)26(28,29)30/h2-7,10,13,20H,8-9,11-12,14H2,1H3,(H,31,32)(H,33,35). The predicted octanol–water partition coefficient (Wildman–Crippen LogP) is 5.39. The van der Waals surface area contributed by atoms with Crippen LogP contribution in [0, 0.1) is 6.92 Å². The molecule has 182 valence electrons. The summed E-state index contributed by atoms with van der Waals surface area (Å²) in [5.41, 5.74) is 3.54. The van der Waals surface area contributed by atoms with Crippen molar-refractivity contribution in [3.8, 4) is 0 Å². The van der Waals surface area contributed by atoms with Crippen molar-refractivity contribution in [3.63, 3.8) is 0 Å². The van der Waals surface area contributed by atoms with Gasteiger partial charge in [0.25, 0.3) is 5.91 Å². The summed E-state index contributed by atoms with van der Waals surface area (Å²) >= 11 is 6.03. The molecule has 1 amide bonds. The first-order valence-electron chi connectivity index (χ1n) is 11.4. The van der Waals surface area contributed by atoms with Crippen LogP contribution in [0.1, 0.15) is 38.2 Å². The molecule has 0 bridgehead atoms. The van der Waals surface area contributed by atoms with Gasteiger partial charge in [-0.05, 0) is 60.2 Å². The van der Waals surface area contributed by atoms with E-state index in [2.05, 4.69) is 27.8 Å². The summed E-state index contributed by atoms with van der Waals surface area (Å²) < 4.78 is 40.9. The lowest BCUT2D eigenvalue weighted by Crippen LogP contribution is -2.38. The molecule has 0 spiro atoms. The van der Waals surface area contributed by atoms with E-state index in [-0.39, 0.29) is 29.1 Å². The third-order valence-electron chi connectivity index (χ3n) is 6.66. The molecule has 2 heterocycles. The zero-order chi connectivity index (χ0) is 24.7. The monoisotopic (exact) mass is 500 g/mol. The Labute approximate surface area is 206 Å². The molecule has 0 radical (unpaired) electrons. The van der Waals surface area contributed by atoms with E-state index < -0.39 is 11.7 Å². The molecule has 1 aliphatic carbocycles. The summed E-state index contributed by atoms with van der Waals surface area (Å²) in [6, 6.07) is 11.7. The van der Waals surface area contributed by atoms with Gasteiger partial charge in [-0.1, -0.05) is 35.9 Å². The number of benzene rings is 2. The number of carbonyl (C=O) groups excluding carboxylic acids is 1. The maximum Gasteiger partial charge on any atom is 0.416 e. The van der Waals surface area contributed by atoms with Crippen LogP contribution in [-0.4, -0.2) is 30.0 Å². The lowest BCUT2D eigenvalue weighted by molar-refractivity contribution is -0.138. The second-order valence-electron chi connectivity index (χ2n) is 8.99. The van der Waals surface area contributed by atoms with Crippen molar-refractivity contribution >= 4 is 29.0 Å². The van der Waals surface area contributed by atoms with Crippen LogP contribution in [0.4, 0.5) is 24.7 Å². The number of nitrogens with one attached hydrogen (secondary N) is 2. The number of nitrogens with zero attached hydrogens (tertiary/aromatic N) is 2. The third-order valence-corrected chi connectivity index (χ3v) is 6.90. The van der Waals surface area contributed by atoms with Gasteiger partial charge in [0.15, 0.2) is 0 Å². The van der Waals surface area contributed by atoms with E-state index in [9.17, 15) is 18.0 Å². The zero-order valence-corrected chi connectivity index (χ0v) is 19.8. The van der Waals surface area contributed by atoms with Crippen molar-refractivity contribution in [3.05, 3.63) is 87.1 Å². The Bertz CT molecular complexity index is 1270. The van der Waals surface area contributed by atoms with Crippen LogP contribution >= 0.6 is 11.6 Å². The van der Waals surface area contributed by atoms with Gasteiger partial charge in [-0.25, -0.2) is 4.98 Å². The fourth-order valence-electron chi connectivity index (χ4n) is 5.02. The topological polar surface area (TPSA) is 57.3 Å². The zero-order valence-electron chi connectivity index (χ0n) is 19.0. The van der Waals surface area contributed by atoms with Gasteiger partial charge in [0, 0.05) is 36.9 Å². The number of pyridine rings is 1. The summed E-state index contributed by atoms with van der Waals surface area (Å²) in [5.74, 6) is 0.314. The summed E-state index contributed by atoms with van der Waals surface area (Å²) in [6.45, 7) is 2.78. The Morgan fingerprint density at radius 1 is 1.20 bits per heavy atom. The molecule has 5 rings (SSSR count). The van der Waals surface area contributed by atoms with Crippen LogP contribution in [0.25, 0.3) is 0 Å². The van der Waals surface area contributed by atoms with Crippen LogP contribution in [0.5, 0.6) is 0 Å². The second kappa shape index (κ2) is 9.07. The summed E-state index contributed by atoms with van der Waals surface area (Å²) in [7, 11) is 0. The van der Waals surface area contributed by atoms with E-state index in [1.165, 1.54) is 29.5 Å². The van der Waals surface area contributed by atoms with Crippen LogP contribution in [-0.2, 0) is 25.6 Å². The number of rotatable bonds is 4. The first kappa shape index (κ1) is 23.5. The highest BCUT2D eigenvalue weighted by atomic mass is 35.5. The molecule has 2 aliphatic rings. The Kier molecular flexibility index (Phi) is 6.09. The number of hydrogen-bond donors (Lipinski definition) is 2. The van der Waals surface area contributed by atoms with E-state index in [0.29, 0.717) is 35.7 Å². The Balaban J connectivity index is 1.42. The minimum Gasteiger partial charge on any atom is -0.367 e. The number of carbonyl (C=O) groups is 1. The number of fused-ring (bicyclic) bond motifs is 2. The number of aromatic nitrogens is 1. The van der Waals surface area contributed by atoms with E-state index in [4.69, 9.17) is 11.6 Å². The van der Waals surface area contributed by atoms with Gasteiger partial charge < -0.3 is 15.5 Å². The molecule has 1 aliphatic heterocycles. The molecule has 3 aromatic rings. The second-order valence-corrected chi connectivity index (χ2v) is 9.43. The predicted molar refractivity (Wildman–Crippen MR) is 130 cm³/mol. The van der Waals surface area contributed by atoms with Crippen molar-refractivity contribution in [2.75, 3.05) is 23.3 Å². The minimum atomic E-state index is -4.50. The molecule has 1 aromatic heterocycles. The number of hydrogen-bond acceptors (Lipinski definition) is 4. The summed E-state index contributed by atoms with van der Waals surface area (Å²) in [5, 5.41) is 6.54. The molecule has 0 saturated heterocycles. The van der Waals surface area contributed by atoms with Gasteiger partial charge in [-0.3, -0.25) is 4.79 Å². The summed E-state index contributed by atoms with van der Waals surface area (Å²) in [6.07, 6.45) is -1.43. The van der Waals surface area contributed by atoms with Gasteiger partial charge in [0.1, 0.15) is 5.82 Å². The van der Waals surface area contributed by atoms with Crippen LogP contribution in [0.15, 0.2) is 48.7 Å². The van der Waals surface area contributed by atoms with Crippen molar-refractivity contribution in [2.45, 2.75) is 38.5 Å². The Hall–Kier alpha value is -3.26. The molecule has 35 heavy (non-hydrogen) atoms. The van der Waals surface area contributed by atoms with Gasteiger partial charge in [-0.15, -0.1) is 0 Å². The average molecular weight is 501 g/mol. The van der Waals surface area contributed by atoms with Crippen molar-refractivity contribution in [1.82, 2.24) is 10.3 Å². The van der Waals surface area contributed by atoms with Gasteiger partial charge in [0.2, 0.25) is 0 Å². The van der Waals surface area contributed by atoms with Crippen LogP contribution in [0.3, 0.4) is 0 Å². The summed E-state index contributed by atoms with van der Waals surface area (Å²) in [4.78, 5) is 19.5. The first-order chi connectivity index (χ1) is 16.7. The smallest absolute Gasteiger partial charge is 0.367 e. The van der Waals surface area contributed by atoms with Gasteiger partial charge >= 0.3 is 6.18 Å². The Morgan fingerprint density at radius 2 is 1.91 bits per heavy atom. The highest BCUT2D eigenvalue weighted by Gasteiger charge is 2.34. The largest absolute Gasteiger partial charge is 0.416 e. The number of anilines is 2. The molecular weight excluding hydrogens is 477 g/mol. The van der Waals surface area contributed by atoms with E-state index in [0.717, 1.165) is 18.9 Å². The fourth-order valence-corrected chi connectivity index (χ4v) is 5.21. The fraction of sp³-hybridized carbons (Fsp3) is 0.308. The molecule has 0 fully saturated rings. The SMILES string of the molecule is Cc1c(C(=O)NC2Cc3ccccc3C2)cnc2c1N(Cc1cc(Cl)ccc1C(F)(F)F)CCN2. The highest BCUT2D eigenvalue weighted by molar-refractivity contribution is 6.30. The molecule has 5 nitrogen and oxygen atoms in total. The molecule has 0 atom stereocenters. The lowest BCUT2D eigenvalue weighted by atomic mass is 10.0. The maximum absolute atomic E-state index is 13.6. The molecule has 0 saturated carbocycles. The van der Waals surface area contributed by atoms with Gasteiger partial charge in [-0.2, -0.15) is 13.2 Å². The molecule has 2 aromatic carbocycles. The van der Waals surface area contributed by atoms with Crippen molar-refractivity contribution < 1.29 is 18.0 Å². The molecular formula is C26H24ClF3N4O. The number of alkyl halides is 3. The van der Waals surface area contributed by atoms with Crippen molar-refractivity contribution in [2.24, 2.45) is 0 Å². The Morgan fingerprint density at radius 3 is 2.60 bits per heavy atom. The minimum absolute atomic E-state index is 0.00436. The quantitative estimate of drug-likeness (QED) is 0.504. The highest BCUT2D eigenvalue weighted by Crippen LogP contribution is 2.38. The first-order valence-corrected chi connectivity index (χ1v) is 11.8. The van der Waals surface area contributed by atoms with Crippen LogP contribution < -0.4 is 15.5 Å². The van der Waals surface area contributed by atoms with Crippen molar-refractivity contribution in [1.29, 1.82) is 0 Å². The van der Waals surface area contributed by atoms with E-state index >= 15 is 0 Å². The molecule has 0 unspecified atom stereocenters. The van der Waals surface area contributed by atoms with Gasteiger partial charge in [0.05, 0.1) is 16.8 Å². The third kappa shape index (κ3) is 4.67. The molecule has 2 N–H and O–H groups in total. The number of amides is 1. The lowest BCUT2D eigenvalue weighted by Gasteiger charge is -2.34.